The number of methoxy groups -OCH3 is 1. The van der Waals surface area contributed by atoms with Gasteiger partial charge in [0.05, 0.1) is 11.6 Å². The average Bonchev–Trinajstić information content (AvgIpc) is 2.98. The number of imidazole rings is 1. The van der Waals surface area contributed by atoms with E-state index >= 15 is 0 Å². The van der Waals surface area contributed by atoms with Crippen LogP contribution in [0.3, 0.4) is 0 Å². The Hall–Kier alpha value is -1.66. The molecule has 6 heteroatoms. The van der Waals surface area contributed by atoms with E-state index in [2.05, 4.69) is 20.9 Å². The number of fused-ring (bicyclic) bond motifs is 1. The molecule has 4 nitrogen and oxygen atoms in total. The molecule has 2 heterocycles. The first-order valence-corrected chi connectivity index (χ1v) is 7.58. The van der Waals surface area contributed by atoms with Crippen LogP contribution < -0.4 is 4.74 Å². The maximum atomic E-state index is 11.4. The fourth-order valence-electron chi connectivity index (χ4n) is 2.16. The van der Waals surface area contributed by atoms with E-state index in [4.69, 9.17) is 4.74 Å². The van der Waals surface area contributed by atoms with Crippen LogP contribution in [0.25, 0.3) is 16.2 Å². The lowest BCUT2D eigenvalue weighted by Gasteiger charge is -2.05. The van der Waals surface area contributed by atoms with Gasteiger partial charge in [-0.05, 0) is 41.1 Å². The molecule has 0 unspecified atom stereocenters. The zero-order valence-corrected chi connectivity index (χ0v) is 13.3. The molecule has 3 aromatic rings. The highest BCUT2D eigenvalue weighted by Crippen LogP contribution is 2.33. The van der Waals surface area contributed by atoms with Crippen molar-refractivity contribution in [3.8, 4) is 17.0 Å². The van der Waals surface area contributed by atoms with Crippen molar-refractivity contribution in [3.05, 3.63) is 39.4 Å². The molecule has 0 aliphatic heterocycles. The number of carbonyl (C=O) groups is 1. The van der Waals surface area contributed by atoms with Crippen molar-refractivity contribution < 1.29 is 9.53 Å². The average molecular weight is 351 g/mol. The van der Waals surface area contributed by atoms with E-state index in [-0.39, 0.29) is 0 Å². The number of carbonyl (C=O) groups excluding carboxylic acids is 1. The predicted octanol–water partition coefficient (Wildman–Crippen LogP) is 3.95. The molecule has 20 heavy (non-hydrogen) atoms. The van der Waals surface area contributed by atoms with Crippen LogP contribution in [0.5, 0.6) is 5.75 Å². The van der Waals surface area contributed by atoms with E-state index in [9.17, 15) is 4.79 Å². The maximum Gasteiger partial charge on any atom is 0.195 e. The van der Waals surface area contributed by atoms with Gasteiger partial charge in [-0.1, -0.05) is 0 Å². The van der Waals surface area contributed by atoms with Gasteiger partial charge in [-0.2, -0.15) is 0 Å². The predicted molar refractivity (Wildman–Crippen MR) is 82.9 cm³/mol. The van der Waals surface area contributed by atoms with Crippen LogP contribution in [0, 0.1) is 6.92 Å². The summed E-state index contributed by atoms with van der Waals surface area (Å²) < 4.78 is 7.93. The fourth-order valence-corrected chi connectivity index (χ4v) is 3.57. The summed E-state index contributed by atoms with van der Waals surface area (Å²) in [5.41, 5.74) is 3.17. The monoisotopic (exact) mass is 350 g/mol. The molecule has 0 N–H and O–H groups in total. The highest BCUT2D eigenvalue weighted by atomic mass is 79.9. The van der Waals surface area contributed by atoms with Crippen LogP contribution in [0.15, 0.2) is 28.1 Å². The minimum atomic E-state index is 0.579. The van der Waals surface area contributed by atoms with E-state index in [1.54, 1.807) is 7.11 Å². The Morgan fingerprint density at radius 2 is 2.25 bits per heavy atom. The lowest BCUT2D eigenvalue weighted by Crippen LogP contribution is -1.93. The Morgan fingerprint density at radius 1 is 1.45 bits per heavy atom. The number of nitrogens with zero attached hydrogens (tertiary/aromatic N) is 2. The Labute approximate surface area is 128 Å². The molecule has 2 aromatic heterocycles. The smallest absolute Gasteiger partial charge is 0.195 e. The third kappa shape index (κ3) is 1.96. The number of aromatic nitrogens is 2. The third-order valence-corrected chi connectivity index (χ3v) is 4.67. The summed E-state index contributed by atoms with van der Waals surface area (Å²) in [5, 5.41) is 1.99. The lowest BCUT2D eigenvalue weighted by molar-refractivity contribution is 0.111. The SMILES string of the molecule is COc1ccc(-c2nc3scc(C)n3c2C=O)cc1Br. The lowest BCUT2D eigenvalue weighted by atomic mass is 10.1. The largest absolute Gasteiger partial charge is 0.496 e. The summed E-state index contributed by atoms with van der Waals surface area (Å²) in [4.78, 5) is 16.8. The molecule has 0 amide bonds. The van der Waals surface area contributed by atoms with Crippen molar-refractivity contribution in [2.45, 2.75) is 6.92 Å². The van der Waals surface area contributed by atoms with Crippen LogP contribution in [0.2, 0.25) is 0 Å². The number of aldehydes is 1. The van der Waals surface area contributed by atoms with Crippen LogP contribution in [0.4, 0.5) is 0 Å². The van der Waals surface area contributed by atoms with E-state index in [0.717, 1.165) is 32.7 Å². The topological polar surface area (TPSA) is 43.6 Å². The van der Waals surface area contributed by atoms with Crippen molar-refractivity contribution in [3.63, 3.8) is 0 Å². The molecule has 1 aromatic carbocycles. The minimum Gasteiger partial charge on any atom is -0.496 e. The molecule has 0 bridgehead atoms. The van der Waals surface area contributed by atoms with Gasteiger partial charge in [0, 0.05) is 16.6 Å². The van der Waals surface area contributed by atoms with E-state index in [1.807, 2.05) is 34.9 Å². The fraction of sp³-hybridized carbons (Fsp3) is 0.143. The molecule has 0 aliphatic rings. The zero-order chi connectivity index (χ0) is 14.3. The zero-order valence-electron chi connectivity index (χ0n) is 10.9. The van der Waals surface area contributed by atoms with Crippen LogP contribution in [-0.2, 0) is 0 Å². The Balaban J connectivity index is 2.23. The first-order chi connectivity index (χ1) is 9.65. The van der Waals surface area contributed by atoms with Crippen LogP contribution in [-0.4, -0.2) is 22.8 Å². The summed E-state index contributed by atoms with van der Waals surface area (Å²) >= 11 is 4.98. The number of rotatable bonds is 3. The van der Waals surface area contributed by atoms with Gasteiger partial charge < -0.3 is 4.74 Å². The number of ether oxygens (including phenoxy) is 1. The van der Waals surface area contributed by atoms with E-state index in [0.29, 0.717) is 11.4 Å². The highest BCUT2D eigenvalue weighted by molar-refractivity contribution is 9.10. The van der Waals surface area contributed by atoms with Gasteiger partial charge in [0.15, 0.2) is 11.2 Å². The van der Waals surface area contributed by atoms with Gasteiger partial charge in [-0.25, -0.2) is 4.98 Å². The Kier molecular flexibility index (Phi) is 3.35. The van der Waals surface area contributed by atoms with E-state index in [1.165, 1.54) is 11.3 Å². The summed E-state index contributed by atoms with van der Waals surface area (Å²) in [6, 6.07) is 5.67. The number of benzene rings is 1. The van der Waals surface area contributed by atoms with Gasteiger partial charge in [-0.15, -0.1) is 11.3 Å². The molecule has 0 saturated carbocycles. The molecule has 0 spiro atoms. The normalized spacial score (nSPS) is 10.9. The second kappa shape index (κ2) is 5.03. The summed E-state index contributed by atoms with van der Waals surface area (Å²) in [5.74, 6) is 0.749. The Bertz CT molecular complexity index is 807. The third-order valence-electron chi connectivity index (χ3n) is 3.11. The van der Waals surface area contributed by atoms with Crippen molar-refractivity contribution >= 4 is 38.5 Å². The van der Waals surface area contributed by atoms with Gasteiger partial charge >= 0.3 is 0 Å². The number of aryl methyl sites for hydroxylation is 1. The Morgan fingerprint density at radius 3 is 2.90 bits per heavy atom. The molecule has 0 saturated heterocycles. The molecule has 102 valence electrons. The van der Waals surface area contributed by atoms with Crippen LogP contribution >= 0.6 is 27.3 Å². The molecular weight excluding hydrogens is 340 g/mol. The molecule has 0 atom stereocenters. The van der Waals surface area contributed by atoms with Gasteiger partial charge in [-0.3, -0.25) is 9.20 Å². The van der Waals surface area contributed by atoms with Crippen molar-refractivity contribution in [2.75, 3.05) is 7.11 Å². The molecule has 0 fully saturated rings. The second-order valence-corrected chi connectivity index (χ2v) is 6.00. The standard InChI is InChI=1S/C14H11BrN2O2S/c1-8-7-20-14-16-13(11(6-18)17(8)14)9-3-4-12(19-2)10(15)5-9/h3-7H,1-2H3. The number of hydrogen-bond donors (Lipinski definition) is 0. The van der Waals surface area contributed by atoms with Crippen LogP contribution in [0.1, 0.15) is 16.2 Å². The number of hydrogen-bond acceptors (Lipinski definition) is 4. The number of halogens is 1. The number of thiazole rings is 1. The molecular formula is C14H11BrN2O2S. The second-order valence-electron chi connectivity index (χ2n) is 4.31. The minimum absolute atomic E-state index is 0.579. The maximum absolute atomic E-state index is 11.4. The first-order valence-electron chi connectivity index (χ1n) is 5.91. The summed E-state index contributed by atoms with van der Waals surface area (Å²) in [7, 11) is 1.62. The quantitative estimate of drug-likeness (QED) is 0.671. The summed E-state index contributed by atoms with van der Waals surface area (Å²) in [6.45, 7) is 1.96. The molecule has 3 rings (SSSR count). The van der Waals surface area contributed by atoms with E-state index < -0.39 is 0 Å². The first kappa shape index (κ1) is 13.3. The van der Waals surface area contributed by atoms with Gasteiger partial charge in [0.25, 0.3) is 0 Å². The summed E-state index contributed by atoms with van der Waals surface area (Å²) in [6.07, 6.45) is 0.854. The van der Waals surface area contributed by atoms with Crippen molar-refractivity contribution in [2.24, 2.45) is 0 Å². The highest BCUT2D eigenvalue weighted by Gasteiger charge is 2.17. The molecule has 0 radical (unpaired) electrons. The van der Waals surface area contributed by atoms with Crippen molar-refractivity contribution in [1.29, 1.82) is 0 Å². The molecule has 0 aliphatic carbocycles. The van der Waals surface area contributed by atoms with Gasteiger partial charge in [0.1, 0.15) is 17.1 Å². The van der Waals surface area contributed by atoms with Gasteiger partial charge in [0.2, 0.25) is 0 Å². The van der Waals surface area contributed by atoms with Crippen molar-refractivity contribution in [1.82, 2.24) is 9.38 Å².